The quantitative estimate of drug-likeness (QED) is 0.185. The molecule has 0 saturated heterocycles. The summed E-state index contributed by atoms with van der Waals surface area (Å²) in [5.74, 6) is 20.8. The van der Waals surface area contributed by atoms with Gasteiger partial charge >= 0.3 is 0 Å². The summed E-state index contributed by atoms with van der Waals surface area (Å²) in [6, 6.07) is 21.2. The van der Waals surface area contributed by atoms with Crippen molar-refractivity contribution in [2.45, 2.75) is 77.8 Å². The van der Waals surface area contributed by atoms with E-state index in [0.717, 1.165) is 33.4 Å². The van der Waals surface area contributed by atoms with Gasteiger partial charge in [-0.25, -0.2) is 0 Å². The highest BCUT2D eigenvalue weighted by molar-refractivity contribution is 7.01. The Morgan fingerprint density at radius 3 is 0.895 bits per heavy atom. The van der Waals surface area contributed by atoms with Crippen LogP contribution in [0.4, 0.5) is 0 Å². The van der Waals surface area contributed by atoms with Crippen LogP contribution in [-0.4, -0.2) is 16.1 Å². The van der Waals surface area contributed by atoms with Crippen molar-refractivity contribution in [3.8, 4) is 35.5 Å². The molecular weight excluding hydrogens is 489 g/mol. The van der Waals surface area contributed by atoms with Gasteiger partial charge in [-0.1, -0.05) is 138 Å². The lowest BCUT2D eigenvalue weighted by Crippen LogP contribution is -2.64. The molecule has 0 N–H and O–H groups in total. The topological polar surface area (TPSA) is 0 Å². The first kappa shape index (κ1) is 27.8. The van der Waals surface area contributed by atoms with Gasteiger partial charge in [0.25, 0.3) is 0 Å². The molecule has 0 unspecified atom stereocenters. The highest BCUT2D eigenvalue weighted by Gasteiger charge is 2.45. The van der Waals surface area contributed by atoms with Crippen molar-refractivity contribution >= 4 is 26.5 Å². The molecule has 0 fully saturated rings. The standard InChI is InChI=1S/C36H40Si2/c1-35(2,3)37(7,8)33-25-31-23-21-29-17-13-11-15-27(29)19-20-28-16-12-14-18-30(28)22-24-32(31)26-34(33)38(9,10)36(4,5)6/h11-18,25-26H,1-10H3. The van der Waals surface area contributed by atoms with E-state index in [9.17, 15) is 0 Å². The van der Waals surface area contributed by atoms with E-state index < -0.39 is 16.1 Å². The van der Waals surface area contributed by atoms with Crippen LogP contribution >= 0.6 is 0 Å². The molecule has 0 spiro atoms. The molecule has 0 radical (unpaired) electrons. The van der Waals surface area contributed by atoms with Crippen molar-refractivity contribution in [3.05, 3.63) is 94.0 Å². The van der Waals surface area contributed by atoms with E-state index in [-0.39, 0.29) is 10.1 Å². The van der Waals surface area contributed by atoms with Gasteiger partial charge in [-0.3, -0.25) is 0 Å². The van der Waals surface area contributed by atoms with Gasteiger partial charge in [0.15, 0.2) is 0 Å². The van der Waals surface area contributed by atoms with Gasteiger partial charge in [0.05, 0.1) is 16.1 Å². The monoisotopic (exact) mass is 528 g/mol. The Bertz CT molecular complexity index is 1470. The normalized spacial score (nSPS) is 13.0. The summed E-state index contributed by atoms with van der Waals surface area (Å²) in [6.45, 7) is 24.6. The fraction of sp³-hybridized carbons (Fsp3) is 0.333. The number of rotatable bonds is 2. The first-order valence-electron chi connectivity index (χ1n) is 13.6. The number of fused-ring (bicyclic) bond motifs is 3. The summed E-state index contributed by atoms with van der Waals surface area (Å²) in [5, 5.41) is 3.52. The predicted molar refractivity (Wildman–Crippen MR) is 171 cm³/mol. The Labute approximate surface area is 233 Å². The second kappa shape index (κ2) is 9.82. The largest absolute Gasteiger partial charge is 0.0858 e. The molecule has 0 saturated carbocycles. The Balaban J connectivity index is 2.13. The average Bonchev–Trinajstić information content (AvgIpc) is 2.83. The van der Waals surface area contributed by atoms with E-state index in [4.69, 9.17) is 0 Å². The third kappa shape index (κ3) is 5.20. The van der Waals surface area contributed by atoms with Crippen LogP contribution in [0.15, 0.2) is 60.7 Å². The maximum absolute atomic E-state index is 3.56. The second-order valence-electron chi connectivity index (χ2n) is 13.5. The highest BCUT2D eigenvalue weighted by atomic mass is 28.3. The molecule has 2 heteroatoms. The molecule has 0 amide bonds. The summed E-state index contributed by atoms with van der Waals surface area (Å²) >= 11 is 0. The van der Waals surface area contributed by atoms with Crippen LogP contribution in [-0.2, 0) is 0 Å². The molecular formula is C36H40Si2. The van der Waals surface area contributed by atoms with Crippen molar-refractivity contribution in [3.63, 3.8) is 0 Å². The molecule has 3 aromatic carbocycles. The van der Waals surface area contributed by atoms with Crippen LogP contribution in [0.2, 0.25) is 36.3 Å². The van der Waals surface area contributed by atoms with Crippen molar-refractivity contribution in [2.24, 2.45) is 0 Å². The fourth-order valence-corrected chi connectivity index (χ4v) is 10.4. The fourth-order valence-electron chi connectivity index (χ4n) is 4.45. The van der Waals surface area contributed by atoms with Gasteiger partial charge in [0.2, 0.25) is 0 Å². The van der Waals surface area contributed by atoms with Gasteiger partial charge in [0.1, 0.15) is 0 Å². The number of benzene rings is 3. The van der Waals surface area contributed by atoms with Crippen LogP contribution in [0.25, 0.3) is 0 Å². The van der Waals surface area contributed by atoms with Gasteiger partial charge in [-0.2, -0.15) is 0 Å². The lowest BCUT2D eigenvalue weighted by Gasteiger charge is -2.45. The SMILES string of the molecule is CC(C)(C)[Si](C)(C)c1cc2c(cc1[Si](C)(C)C(C)(C)C)C#Cc1ccccc1C#Cc1ccccc1C#C2. The van der Waals surface area contributed by atoms with Crippen LogP contribution < -0.4 is 10.4 Å². The lowest BCUT2D eigenvalue weighted by atomic mass is 10.0. The first-order valence-corrected chi connectivity index (χ1v) is 19.6. The van der Waals surface area contributed by atoms with E-state index in [2.05, 4.69) is 140 Å². The molecule has 38 heavy (non-hydrogen) atoms. The zero-order valence-corrected chi connectivity index (χ0v) is 26.8. The Morgan fingerprint density at radius 2 is 0.658 bits per heavy atom. The number of hydrogen-bond donors (Lipinski definition) is 0. The van der Waals surface area contributed by atoms with Crippen molar-refractivity contribution in [2.75, 3.05) is 0 Å². The molecule has 4 rings (SSSR count). The zero-order valence-electron chi connectivity index (χ0n) is 24.8. The van der Waals surface area contributed by atoms with Gasteiger partial charge in [0, 0.05) is 33.4 Å². The van der Waals surface area contributed by atoms with Crippen LogP contribution in [0.1, 0.15) is 74.9 Å². The first-order chi connectivity index (χ1) is 17.6. The Hall–Kier alpha value is -3.23. The maximum atomic E-state index is 3.56. The molecule has 192 valence electrons. The molecule has 0 atom stereocenters. The Morgan fingerprint density at radius 1 is 0.421 bits per heavy atom. The third-order valence-corrected chi connectivity index (χ3v) is 20.4. The van der Waals surface area contributed by atoms with Crippen LogP contribution in [0.5, 0.6) is 0 Å². The third-order valence-electron chi connectivity index (χ3n) is 9.10. The van der Waals surface area contributed by atoms with E-state index >= 15 is 0 Å². The molecule has 0 bridgehead atoms. The van der Waals surface area contributed by atoms with Crippen molar-refractivity contribution < 1.29 is 0 Å². The minimum absolute atomic E-state index is 0.212. The lowest BCUT2D eigenvalue weighted by molar-refractivity contribution is 0.726. The van der Waals surface area contributed by atoms with Crippen molar-refractivity contribution in [1.29, 1.82) is 0 Å². The molecule has 0 nitrogen and oxygen atoms in total. The summed E-state index contributed by atoms with van der Waals surface area (Å²) in [7, 11) is -3.75. The summed E-state index contributed by atoms with van der Waals surface area (Å²) in [4.78, 5) is 0. The van der Waals surface area contributed by atoms with Crippen LogP contribution in [0, 0.1) is 35.5 Å². The number of hydrogen-bond acceptors (Lipinski definition) is 0. The van der Waals surface area contributed by atoms with Crippen LogP contribution in [0.3, 0.4) is 0 Å². The molecule has 0 aliphatic heterocycles. The van der Waals surface area contributed by atoms with Gasteiger partial charge < -0.3 is 0 Å². The van der Waals surface area contributed by atoms with E-state index in [0.29, 0.717) is 0 Å². The molecule has 0 aromatic heterocycles. The molecule has 0 heterocycles. The maximum Gasteiger partial charge on any atom is 0.0858 e. The summed E-state index contributed by atoms with van der Waals surface area (Å²) in [5.41, 5.74) is 5.87. The minimum Gasteiger partial charge on any atom is -0.0651 e. The predicted octanol–water partition coefficient (Wildman–Crippen LogP) is 7.63. The van der Waals surface area contributed by atoms with Crippen molar-refractivity contribution in [1.82, 2.24) is 0 Å². The second-order valence-corrected chi connectivity index (χ2v) is 24.1. The van der Waals surface area contributed by atoms with E-state index in [1.165, 1.54) is 0 Å². The van der Waals surface area contributed by atoms with E-state index in [1.807, 2.05) is 24.3 Å². The summed E-state index contributed by atoms with van der Waals surface area (Å²) < 4.78 is 0. The highest BCUT2D eigenvalue weighted by Crippen LogP contribution is 2.39. The Kier molecular flexibility index (Phi) is 7.19. The van der Waals surface area contributed by atoms with E-state index in [1.54, 1.807) is 10.4 Å². The van der Waals surface area contributed by atoms with Gasteiger partial charge in [-0.15, -0.1) is 0 Å². The molecule has 1 aliphatic carbocycles. The average molecular weight is 529 g/mol. The van der Waals surface area contributed by atoms with Gasteiger partial charge in [-0.05, 0) is 46.5 Å². The molecule has 3 aromatic rings. The summed E-state index contributed by atoms with van der Waals surface area (Å²) in [6.07, 6.45) is 0. The smallest absolute Gasteiger partial charge is 0.0651 e. The zero-order chi connectivity index (χ0) is 27.9. The minimum atomic E-state index is -1.88. The molecule has 1 aliphatic rings.